The summed E-state index contributed by atoms with van der Waals surface area (Å²) in [6.45, 7) is 16.2. The molecule has 4 N–H and O–H groups in total. The second-order valence-corrected chi connectivity index (χ2v) is 19.2. The number of rotatable bonds is 26. The smallest absolute Gasteiger partial charge is 0.293 e. The van der Waals surface area contributed by atoms with Crippen LogP contribution in [0.5, 0.6) is 11.5 Å². The van der Waals surface area contributed by atoms with Crippen LogP contribution in [0.3, 0.4) is 0 Å². The number of pyridine rings is 1. The Morgan fingerprint density at radius 1 is 0.959 bits per heavy atom. The minimum absolute atomic E-state index is 0.0219. The lowest BCUT2D eigenvalue weighted by atomic mass is 9.99. The van der Waals surface area contributed by atoms with Crippen LogP contribution in [0.15, 0.2) is 47.4 Å². The third-order valence-electron chi connectivity index (χ3n) is 13.3. The second kappa shape index (κ2) is 29.3. The number of imide groups is 1. The fourth-order valence-electron chi connectivity index (χ4n) is 9.01. The number of methoxy groups -OCH3 is 1. The van der Waals surface area contributed by atoms with Crippen LogP contribution in [0.1, 0.15) is 88.1 Å². The molecule has 2 aromatic carbocycles. The number of aromatic nitrogens is 3. The first-order valence-electron chi connectivity index (χ1n) is 25.5. The Hall–Kier alpha value is -6.64. The van der Waals surface area contributed by atoms with Gasteiger partial charge in [0.05, 0.1) is 30.4 Å². The van der Waals surface area contributed by atoms with Crippen LogP contribution in [0.2, 0.25) is 5.02 Å². The van der Waals surface area contributed by atoms with Gasteiger partial charge < -0.3 is 50.0 Å². The van der Waals surface area contributed by atoms with Crippen molar-refractivity contribution in [2.45, 2.75) is 85.1 Å². The fraction of sp³-hybridized carbons (Fsp3) is 0.528. The predicted octanol–water partition coefficient (Wildman–Crippen LogP) is 5.35. The molecule has 74 heavy (non-hydrogen) atoms. The summed E-state index contributed by atoms with van der Waals surface area (Å²) in [5.74, 6) is 1.17. The summed E-state index contributed by atoms with van der Waals surface area (Å²) >= 11 is 6.42. The zero-order valence-electron chi connectivity index (χ0n) is 44.0. The quantitative estimate of drug-likeness (QED) is 0.0459. The molecule has 6 rings (SSSR count). The zero-order valence-corrected chi connectivity index (χ0v) is 44.7. The Labute approximate surface area is 438 Å². The van der Waals surface area contributed by atoms with Crippen molar-refractivity contribution in [2.24, 2.45) is 13.0 Å². The van der Waals surface area contributed by atoms with Crippen LogP contribution in [0.25, 0.3) is 10.9 Å². The molecule has 1 unspecified atom stereocenters. The van der Waals surface area contributed by atoms with Crippen molar-refractivity contribution in [1.29, 1.82) is 0 Å². The number of piperidine rings is 1. The van der Waals surface area contributed by atoms with Gasteiger partial charge in [-0.05, 0) is 95.1 Å². The minimum atomic E-state index is -0.969. The molecule has 1 atom stereocenters. The molecular formula is C53H74ClN11O9. The maximum absolute atomic E-state index is 13.5. The number of ether oxygens (including phenoxy) is 2. The number of benzene rings is 2. The maximum Gasteiger partial charge on any atom is 0.293 e. The van der Waals surface area contributed by atoms with E-state index in [1.54, 1.807) is 25.4 Å². The number of halogens is 1. The third kappa shape index (κ3) is 16.4. The highest BCUT2D eigenvalue weighted by Crippen LogP contribution is 2.34. The number of fused-ring (bicyclic) bond motifs is 1. The Kier molecular flexibility index (Phi) is 23.1. The summed E-state index contributed by atoms with van der Waals surface area (Å²) in [6, 6.07) is 9.71. The Bertz CT molecular complexity index is 2620. The average molecular weight is 1040 g/mol. The Morgan fingerprint density at radius 3 is 2.27 bits per heavy atom. The number of ketones is 2. The van der Waals surface area contributed by atoms with Gasteiger partial charge in [0, 0.05) is 102 Å². The first-order valence-corrected chi connectivity index (χ1v) is 25.9. The molecule has 4 amide bonds. The van der Waals surface area contributed by atoms with Gasteiger partial charge in [0.15, 0.2) is 24.0 Å². The molecule has 402 valence electrons. The second-order valence-electron chi connectivity index (χ2n) is 18.8. The van der Waals surface area contributed by atoms with Gasteiger partial charge in [0.25, 0.3) is 17.4 Å². The van der Waals surface area contributed by atoms with Gasteiger partial charge >= 0.3 is 0 Å². The number of hydrogen-bond donors (Lipinski definition) is 4. The van der Waals surface area contributed by atoms with E-state index in [-0.39, 0.29) is 48.2 Å². The first kappa shape index (κ1) is 58.3. The lowest BCUT2D eigenvalue weighted by Crippen LogP contribution is -2.47. The van der Waals surface area contributed by atoms with Crippen molar-refractivity contribution in [3.63, 3.8) is 0 Å². The highest BCUT2D eigenvalue weighted by Gasteiger charge is 2.31. The molecule has 0 aliphatic carbocycles. The molecule has 20 nitrogen and oxygen atoms in total. The molecule has 2 fully saturated rings. The molecule has 2 aromatic heterocycles. The van der Waals surface area contributed by atoms with Gasteiger partial charge in [0.2, 0.25) is 18.8 Å². The Balaban J connectivity index is 0.000000275. The molecule has 2 saturated heterocycles. The van der Waals surface area contributed by atoms with Gasteiger partial charge in [-0.1, -0.05) is 37.6 Å². The van der Waals surface area contributed by atoms with Crippen molar-refractivity contribution in [1.82, 2.24) is 39.9 Å². The number of nitrogens with one attached hydrogen (secondary N) is 4. The molecular weight excluding hydrogens is 970 g/mol. The van der Waals surface area contributed by atoms with Gasteiger partial charge in [0.1, 0.15) is 16.6 Å². The topological polar surface area (TPSA) is 230 Å². The van der Waals surface area contributed by atoms with E-state index in [9.17, 15) is 33.6 Å². The zero-order chi connectivity index (χ0) is 53.7. The molecule has 0 saturated carbocycles. The van der Waals surface area contributed by atoms with Gasteiger partial charge in [-0.25, -0.2) is 4.98 Å². The van der Waals surface area contributed by atoms with Crippen LogP contribution in [-0.4, -0.2) is 158 Å². The molecule has 4 heterocycles. The first-order chi connectivity index (χ1) is 35.6. The average Bonchev–Trinajstić information content (AvgIpc) is 3.39. The van der Waals surface area contributed by atoms with E-state index in [4.69, 9.17) is 21.1 Å². The van der Waals surface area contributed by atoms with E-state index in [1.807, 2.05) is 38.1 Å². The number of aryl methyl sites for hydroxylation is 2. The third-order valence-corrected chi connectivity index (χ3v) is 13.6. The normalized spacial score (nSPS) is 14.5. The number of Topliss-reactive ketones (excluding diaryl/α,β-unsaturated/α-hetero) is 2. The van der Waals surface area contributed by atoms with E-state index in [0.717, 1.165) is 95.8 Å². The summed E-state index contributed by atoms with van der Waals surface area (Å²) in [5.41, 5.74) is 2.58. The molecule has 2 aliphatic heterocycles. The van der Waals surface area contributed by atoms with Crippen molar-refractivity contribution >= 4 is 81.8 Å². The number of carbonyl (C=O) groups is 6. The number of likely N-dealkylation sites (N-methyl/N-ethyl adjacent to an activating group) is 1. The van der Waals surface area contributed by atoms with Crippen molar-refractivity contribution in [2.75, 3.05) is 102 Å². The molecule has 2 aliphatic rings. The minimum Gasteiger partial charge on any atom is -0.494 e. The van der Waals surface area contributed by atoms with Gasteiger partial charge in [-0.15, -0.1) is 0 Å². The highest BCUT2D eigenvalue weighted by atomic mass is 35.5. The molecule has 0 radical (unpaired) electrons. The summed E-state index contributed by atoms with van der Waals surface area (Å²) in [6.07, 6.45) is 8.20. The summed E-state index contributed by atoms with van der Waals surface area (Å²) < 4.78 is 12.5. The number of nitrogens with zero attached hydrogens (tertiary/aromatic N) is 7. The number of piperazine rings is 1. The summed E-state index contributed by atoms with van der Waals surface area (Å²) in [7, 11) is 4.66. The molecule has 0 bridgehead atoms. The molecule has 4 aromatic rings. The summed E-state index contributed by atoms with van der Waals surface area (Å²) in [5, 5.41) is 12.8. The highest BCUT2D eigenvalue weighted by molar-refractivity contribution is 6.33. The summed E-state index contributed by atoms with van der Waals surface area (Å²) in [4.78, 5) is 102. The van der Waals surface area contributed by atoms with Gasteiger partial charge in [-0.2, -0.15) is 4.98 Å². The molecule has 0 spiro atoms. The number of anilines is 4. The van der Waals surface area contributed by atoms with Crippen LogP contribution in [0.4, 0.5) is 23.1 Å². The van der Waals surface area contributed by atoms with Crippen LogP contribution >= 0.6 is 11.6 Å². The number of carbonyl (C=O) groups excluding carboxylic acids is 6. The van der Waals surface area contributed by atoms with E-state index in [0.29, 0.717) is 87.8 Å². The predicted molar refractivity (Wildman–Crippen MR) is 288 cm³/mol. The van der Waals surface area contributed by atoms with Crippen molar-refractivity contribution < 1.29 is 38.2 Å². The largest absolute Gasteiger partial charge is 0.494 e. The Morgan fingerprint density at radius 2 is 1.65 bits per heavy atom. The van der Waals surface area contributed by atoms with E-state index < -0.39 is 11.9 Å². The number of hydrogen-bond acceptors (Lipinski definition) is 16. The SMILES string of the molecule is CCCC(=O)CCC(C(C)=O)N(C=O)C(=O)c1c(C)cccc1NCCCN1CCN(CCCNC=O)CC1.CNC(=O)COc1cc2cc(Nc3nc(N4CCC(C)CC4)ncc3Cl)cc(OC)c2n(C)c1=O. The standard InChI is InChI=1S/C29H45N5O5.C24H29ClN6O4/c1-4-8-25(38)11-12-27(24(3)37)34(22-36)29(39)28-23(2)9-5-10-26(28)31-14-7-16-33-19-17-32(18-20-33)15-6-13-30-21-35;1-14-5-7-31(8-6-14)24-27-12-17(25)22(29-24)28-16-9-15-10-19(35-13-20(32)26-2)23(33)30(3)21(15)18(11-16)34-4/h5,9-10,21-22,27,31H,4,6-8,11-20H2,1-3H3,(H,30,35);9-12,14H,5-8,13H2,1-4H3,(H,26,32)(H,27,28,29). The van der Waals surface area contributed by atoms with Crippen LogP contribution in [-0.2, 0) is 31.0 Å². The molecule has 21 heteroatoms. The fourth-order valence-corrected chi connectivity index (χ4v) is 9.15. The van der Waals surface area contributed by atoms with E-state index in [2.05, 4.69) is 52.9 Å². The number of amides is 4. The van der Waals surface area contributed by atoms with Crippen molar-refractivity contribution in [3.8, 4) is 11.5 Å². The monoisotopic (exact) mass is 1040 g/mol. The van der Waals surface area contributed by atoms with E-state index in [1.165, 1.54) is 25.6 Å². The van der Waals surface area contributed by atoms with E-state index >= 15 is 0 Å². The maximum atomic E-state index is 13.5. The van der Waals surface area contributed by atoms with Crippen LogP contribution < -0.4 is 41.2 Å². The van der Waals surface area contributed by atoms with Gasteiger partial charge in [-0.3, -0.25) is 38.5 Å². The lowest BCUT2D eigenvalue weighted by Gasteiger charge is -2.34. The lowest BCUT2D eigenvalue weighted by molar-refractivity contribution is -0.129. The van der Waals surface area contributed by atoms with Crippen LogP contribution in [0, 0.1) is 12.8 Å². The van der Waals surface area contributed by atoms with Crippen molar-refractivity contribution in [3.05, 3.63) is 69.1 Å².